The first-order valence-electron chi connectivity index (χ1n) is 10.1. The second-order valence-corrected chi connectivity index (χ2v) is 7.66. The van der Waals surface area contributed by atoms with Crippen molar-refractivity contribution in [3.05, 3.63) is 41.2 Å². The van der Waals surface area contributed by atoms with E-state index < -0.39 is 23.9 Å². The van der Waals surface area contributed by atoms with Crippen LogP contribution in [-0.4, -0.2) is 40.2 Å². The van der Waals surface area contributed by atoms with Gasteiger partial charge in [0.15, 0.2) is 6.10 Å². The maximum Gasteiger partial charge on any atom is 0.312 e. The minimum Gasteiger partial charge on any atom is -0.452 e. The molecule has 1 aliphatic rings. The number of hydrogen-bond acceptors (Lipinski definition) is 5. The van der Waals surface area contributed by atoms with Gasteiger partial charge in [-0.2, -0.15) is 5.10 Å². The van der Waals surface area contributed by atoms with Crippen molar-refractivity contribution >= 4 is 29.2 Å². The molecule has 0 radical (unpaired) electrons. The fourth-order valence-electron chi connectivity index (χ4n) is 3.53. The Morgan fingerprint density at radius 1 is 1.27 bits per heavy atom. The van der Waals surface area contributed by atoms with E-state index in [1.165, 1.54) is 12.5 Å². The predicted molar refractivity (Wildman–Crippen MR) is 113 cm³/mol. The van der Waals surface area contributed by atoms with Crippen LogP contribution in [0.4, 0.5) is 11.4 Å². The standard InChI is InChI=1S/C22H28N4O4/c1-6-16-7-9-18(10-8-16)26-12-17(11-19(26)27)22(29)30-15(4)21(28)23-20-13(2)24-25(5)14(20)3/h7-10,15,17H,6,11-12H2,1-5H3,(H,23,28). The highest BCUT2D eigenvalue weighted by Gasteiger charge is 2.37. The number of rotatable bonds is 6. The van der Waals surface area contributed by atoms with Crippen molar-refractivity contribution in [2.24, 2.45) is 13.0 Å². The lowest BCUT2D eigenvalue weighted by Crippen LogP contribution is -2.33. The Balaban J connectivity index is 1.59. The van der Waals surface area contributed by atoms with Gasteiger partial charge in [-0.05, 0) is 44.9 Å². The molecule has 0 spiro atoms. The van der Waals surface area contributed by atoms with E-state index in [1.807, 2.05) is 31.2 Å². The van der Waals surface area contributed by atoms with Crippen LogP contribution in [0.1, 0.15) is 37.2 Å². The second kappa shape index (κ2) is 8.69. The van der Waals surface area contributed by atoms with Crippen LogP contribution in [0, 0.1) is 19.8 Å². The quantitative estimate of drug-likeness (QED) is 0.736. The van der Waals surface area contributed by atoms with Crippen LogP contribution in [0.3, 0.4) is 0 Å². The summed E-state index contributed by atoms with van der Waals surface area (Å²) in [5, 5.41) is 7.03. The number of esters is 1. The van der Waals surface area contributed by atoms with Gasteiger partial charge in [0.1, 0.15) is 0 Å². The fraction of sp³-hybridized carbons (Fsp3) is 0.455. The maximum absolute atomic E-state index is 12.6. The van der Waals surface area contributed by atoms with E-state index in [2.05, 4.69) is 17.3 Å². The first kappa shape index (κ1) is 21.5. The molecule has 8 nitrogen and oxygen atoms in total. The van der Waals surface area contributed by atoms with Crippen molar-refractivity contribution in [1.82, 2.24) is 9.78 Å². The summed E-state index contributed by atoms with van der Waals surface area (Å²) in [5.41, 5.74) is 4.06. The number of anilines is 2. The summed E-state index contributed by atoms with van der Waals surface area (Å²) in [5.74, 6) is -1.70. The van der Waals surface area contributed by atoms with Crippen molar-refractivity contribution in [2.75, 3.05) is 16.8 Å². The molecule has 2 aromatic rings. The fourth-order valence-corrected chi connectivity index (χ4v) is 3.53. The van der Waals surface area contributed by atoms with E-state index in [0.29, 0.717) is 11.4 Å². The maximum atomic E-state index is 12.6. The summed E-state index contributed by atoms with van der Waals surface area (Å²) >= 11 is 0. The minimum absolute atomic E-state index is 0.0729. The van der Waals surface area contributed by atoms with Gasteiger partial charge in [0.2, 0.25) is 5.91 Å². The number of hydrogen-bond donors (Lipinski definition) is 1. The molecule has 160 valence electrons. The normalized spacial score (nSPS) is 17.2. The summed E-state index contributed by atoms with van der Waals surface area (Å²) in [7, 11) is 1.79. The Labute approximate surface area is 176 Å². The molecule has 1 fully saturated rings. The number of aryl methyl sites for hydroxylation is 3. The Hall–Kier alpha value is -3.16. The molecule has 2 atom stereocenters. The zero-order valence-electron chi connectivity index (χ0n) is 18.1. The van der Waals surface area contributed by atoms with Crippen LogP contribution in [-0.2, 0) is 32.6 Å². The van der Waals surface area contributed by atoms with Crippen molar-refractivity contribution in [1.29, 1.82) is 0 Å². The van der Waals surface area contributed by atoms with Crippen molar-refractivity contribution in [3.8, 4) is 0 Å². The molecule has 1 aromatic carbocycles. The molecule has 0 bridgehead atoms. The van der Waals surface area contributed by atoms with E-state index >= 15 is 0 Å². The minimum atomic E-state index is -0.982. The lowest BCUT2D eigenvalue weighted by molar-refractivity contribution is -0.157. The Morgan fingerprint density at radius 3 is 2.50 bits per heavy atom. The van der Waals surface area contributed by atoms with Gasteiger partial charge >= 0.3 is 5.97 Å². The van der Waals surface area contributed by atoms with E-state index in [1.54, 1.807) is 23.6 Å². The summed E-state index contributed by atoms with van der Waals surface area (Å²) in [6, 6.07) is 7.73. The van der Waals surface area contributed by atoms with Crippen molar-refractivity contribution in [3.63, 3.8) is 0 Å². The van der Waals surface area contributed by atoms with Gasteiger partial charge in [-0.1, -0.05) is 19.1 Å². The summed E-state index contributed by atoms with van der Waals surface area (Å²) in [6.07, 6.45) is 0.00887. The summed E-state index contributed by atoms with van der Waals surface area (Å²) < 4.78 is 7.04. The smallest absolute Gasteiger partial charge is 0.312 e. The van der Waals surface area contributed by atoms with Gasteiger partial charge in [0.05, 0.1) is 23.0 Å². The van der Waals surface area contributed by atoms with Gasteiger partial charge in [0.25, 0.3) is 5.91 Å². The zero-order valence-corrected chi connectivity index (χ0v) is 18.1. The Bertz CT molecular complexity index is 964. The van der Waals surface area contributed by atoms with E-state index in [0.717, 1.165) is 17.8 Å². The molecule has 2 amide bonds. The van der Waals surface area contributed by atoms with Crippen LogP contribution in [0.25, 0.3) is 0 Å². The summed E-state index contributed by atoms with van der Waals surface area (Å²) in [4.78, 5) is 39.1. The molecule has 0 saturated carbocycles. The van der Waals surface area contributed by atoms with Crippen molar-refractivity contribution in [2.45, 2.75) is 46.6 Å². The first-order valence-corrected chi connectivity index (χ1v) is 10.1. The Kier molecular flexibility index (Phi) is 6.24. The molecular formula is C22H28N4O4. The number of nitrogens with one attached hydrogen (secondary N) is 1. The van der Waals surface area contributed by atoms with E-state index in [-0.39, 0.29) is 18.9 Å². The number of nitrogens with zero attached hydrogens (tertiary/aromatic N) is 3. The number of carbonyl (C=O) groups is 3. The molecule has 8 heteroatoms. The second-order valence-electron chi connectivity index (χ2n) is 7.66. The lowest BCUT2D eigenvalue weighted by Gasteiger charge is -2.18. The van der Waals surface area contributed by atoms with E-state index in [9.17, 15) is 14.4 Å². The van der Waals surface area contributed by atoms with Gasteiger partial charge < -0.3 is 15.0 Å². The zero-order chi connectivity index (χ0) is 22.0. The number of benzene rings is 1. The molecule has 3 rings (SSSR count). The Morgan fingerprint density at radius 2 is 1.93 bits per heavy atom. The molecular weight excluding hydrogens is 384 g/mol. The van der Waals surface area contributed by atoms with Gasteiger partial charge in [-0.15, -0.1) is 0 Å². The molecule has 1 N–H and O–H groups in total. The molecule has 2 unspecified atom stereocenters. The SMILES string of the molecule is CCc1ccc(N2CC(C(=O)OC(C)C(=O)Nc3c(C)nn(C)c3C)CC2=O)cc1. The predicted octanol–water partition coefficient (Wildman–Crippen LogP) is 2.52. The molecule has 1 saturated heterocycles. The number of amides is 2. The lowest BCUT2D eigenvalue weighted by atomic mass is 10.1. The third-order valence-corrected chi connectivity index (χ3v) is 5.53. The average molecular weight is 412 g/mol. The average Bonchev–Trinajstić information content (AvgIpc) is 3.22. The molecule has 2 heterocycles. The number of aromatic nitrogens is 2. The van der Waals surface area contributed by atoms with Crippen molar-refractivity contribution < 1.29 is 19.1 Å². The van der Waals surface area contributed by atoms with E-state index in [4.69, 9.17) is 4.74 Å². The summed E-state index contributed by atoms with van der Waals surface area (Å²) in [6.45, 7) is 7.48. The van der Waals surface area contributed by atoms with Crippen LogP contribution < -0.4 is 10.2 Å². The van der Waals surface area contributed by atoms with Gasteiger partial charge in [-0.25, -0.2) is 0 Å². The molecule has 0 aliphatic carbocycles. The largest absolute Gasteiger partial charge is 0.452 e. The third kappa shape index (κ3) is 4.37. The van der Waals surface area contributed by atoms with Crippen LogP contribution in [0.5, 0.6) is 0 Å². The topological polar surface area (TPSA) is 93.5 Å². The highest BCUT2D eigenvalue weighted by molar-refractivity contribution is 6.00. The van der Waals surface area contributed by atoms with Crippen LogP contribution in [0.15, 0.2) is 24.3 Å². The number of ether oxygens (including phenoxy) is 1. The number of carbonyl (C=O) groups excluding carboxylic acids is 3. The van der Waals surface area contributed by atoms with Gasteiger partial charge in [0, 0.05) is 25.7 Å². The monoisotopic (exact) mass is 412 g/mol. The molecule has 1 aromatic heterocycles. The highest BCUT2D eigenvalue weighted by atomic mass is 16.5. The highest BCUT2D eigenvalue weighted by Crippen LogP contribution is 2.27. The van der Waals surface area contributed by atoms with Crippen LogP contribution in [0.2, 0.25) is 0 Å². The van der Waals surface area contributed by atoms with Gasteiger partial charge in [-0.3, -0.25) is 19.1 Å². The molecule has 1 aliphatic heterocycles. The molecule has 30 heavy (non-hydrogen) atoms. The third-order valence-electron chi connectivity index (χ3n) is 5.53. The van der Waals surface area contributed by atoms with Crippen LogP contribution >= 0.6 is 0 Å². The first-order chi connectivity index (χ1) is 14.2.